The van der Waals surface area contributed by atoms with Crippen LogP contribution in [0.3, 0.4) is 0 Å². The number of esters is 1. The topological polar surface area (TPSA) is 77.2 Å². The molecule has 0 radical (unpaired) electrons. The molecule has 1 aromatic heterocycles. The van der Waals surface area contributed by atoms with Crippen molar-refractivity contribution in [1.29, 1.82) is 0 Å². The molecule has 0 aromatic carbocycles. The van der Waals surface area contributed by atoms with Crippen molar-refractivity contribution in [3.05, 3.63) is 17.8 Å². The minimum absolute atomic E-state index is 0.342. The number of methoxy groups -OCH3 is 1. The van der Waals surface area contributed by atoms with Crippen LogP contribution in [-0.2, 0) is 4.74 Å². The Balaban J connectivity index is 1.87. The van der Waals surface area contributed by atoms with Crippen LogP contribution in [-0.4, -0.2) is 24.6 Å². The molecule has 0 saturated heterocycles. The van der Waals surface area contributed by atoms with Gasteiger partial charge in [-0.2, -0.15) is 0 Å². The van der Waals surface area contributed by atoms with Crippen molar-refractivity contribution in [2.45, 2.75) is 38.5 Å². The maximum absolute atomic E-state index is 11.5. The van der Waals surface area contributed by atoms with Gasteiger partial charge in [-0.05, 0) is 18.4 Å². The van der Waals surface area contributed by atoms with Gasteiger partial charge in [0.05, 0.1) is 24.6 Å². The third kappa shape index (κ3) is 3.85. The minimum Gasteiger partial charge on any atom is -0.465 e. The number of pyridine rings is 1. The summed E-state index contributed by atoms with van der Waals surface area (Å²) in [5.74, 6) is 1.07. The predicted octanol–water partition coefficient (Wildman–Crippen LogP) is 2.83. The lowest BCUT2D eigenvalue weighted by molar-refractivity contribution is 0.0602. The second-order valence-corrected chi connectivity index (χ2v) is 5.37. The fraction of sp³-hybridized carbons (Fsp3) is 0.600. The number of carbonyl (C=O) groups excluding carboxylic acids is 1. The van der Waals surface area contributed by atoms with Gasteiger partial charge >= 0.3 is 5.97 Å². The van der Waals surface area contributed by atoms with Gasteiger partial charge < -0.3 is 15.8 Å². The first-order chi connectivity index (χ1) is 9.70. The smallest absolute Gasteiger partial charge is 0.340 e. The van der Waals surface area contributed by atoms with E-state index in [9.17, 15) is 4.79 Å². The molecule has 0 unspecified atom stereocenters. The molecule has 0 amide bonds. The van der Waals surface area contributed by atoms with Gasteiger partial charge in [-0.3, -0.25) is 0 Å². The zero-order chi connectivity index (χ0) is 14.4. The van der Waals surface area contributed by atoms with Gasteiger partial charge in [0.25, 0.3) is 0 Å². The SMILES string of the molecule is COC(=O)c1cc(NCCC2CCCCC2)ncc1N. The van der Waals surface area contributed by atoms with Crippen LogP contribution in [0.4, 0.5) is 11.5 Å². The van der Waals surface area contributed by atoms with Crippen LogP contribution >= 0.6 is 0 Å². The third-order valence-corrected chi connectivity index (χ3v) is 3.92. The highest BCUT2D eigenvalue weighted by Gasteiger charge is 2.14. The number of hydrogen-bond donors (Lipinski definition) is 2. The molecule has 1 saturated carbocycles. The van der Waals surface area contributed by atoms with Crippen molar-refractivity contribution in [2.75, 3.05) is 24.7 Å². The first-order valence-electron chi connectivity index (χ1n) is 7.28. The van der Waals surface area contributed by atoms with E-state index in [0.717, 1.165) is 18.9 Å². The number of aromatic nitrogens is 1. The Morgan fingerprint density at radius 1 is 1.45 bits per heavy atom. The zero-order valence-electron chi connectivity index (χ0n) is 12.0. The van der Waals surface area contributed by atoms with E-state index in [1.165, 1.54) is 45.4 Å². The second kappa shape index (κ2) is 7.12. The number of nitrogens with zero attached hydrogens (tertiary/aromatic N) is 1. The van der Waals surface area contributed by atoms with Gasteiger partial charge in [-0.25, -0.2) is 9.78 Å². The average Bonchev–Trinajstić information content (AvgIpc) is 2.49. The third-order valence-electron chi connectivity index (χ3n) is 3.92. The molecular formula is C15H23N3O2. The first kappa shape index (κ1) is 14.6. The minimum atomic E-state index is -0.430. The van der Waals surface area contributed by atoms with Gasteiger partial charge in [0.2, 0.25) is 0 Å². The summed E-state index contributed by atoms with van der Waals surface area (Å²) >= 11 is 0. The molecule has 0 spiro atoms. The summed E-state index contributed by atoms with van der Waals surface area (Å²) in [6, 6.07) is 1.65. The molecule has 0 bridgehead atoms. The highest BCUT2D eigenvalue weighted by atomic mass is 16.5. The summed E-state index contributed by atoms with van der Waals surface area (Å²) in [4.78, 5) is 15.7. The van der Waals surface area contributed by atoms with Crippen LogP contribution < -0.4 is 11.1 Å². The average molecular weight is 277 g/mol. The van der Waals surface area contributed by atoms with E-state index in [1.54, 1.807) is 6.07 Å². The highest BCUT2D eigenvalue weighted by molar-refractivity contribution is 5.95. The summed E-state index contributed by atoms with van der Waals surface area (Å²) in [7, 11) is 1.35. The fourth-order valence-corrected chi connectivity index (χ4v) is 2.73. The van der Waals surface area contributed by atoms with E-state index in [4.69, 9.17) is 10.5 Å². The highest BCUT2D eigenvalue weighted by Crippen LogP contribution is 2.26. The molecule has 0 aliphatic heterocycles. The lowest BCUT2D eigenvalue weighted by Gasteiger charge is -2.21. The van der Waals surface area contributed by atoms with Crippen LogP contribution in [0.25, 0.3) is 0 Å². The van der Waals surface area contributed by atoms with E-state index >= 15 is 0 Å². The summed E-state index contributed by atoms with van der Waals surface area (Å²) in [6.45, 7) is 0.877. The Morgan fingerprint density at radius 2 is 2.20 bits per heavy atom. The van der Waals surface area contributed by atoms with Crippen LogP contribution in [0.2, 0.25) is 0 Å². The molecule has 1 heterocycles. The summed E-state index contributed by atoms with van der Waals surface area (Å²) in [6.07, 6.45) is 9.42. The van der Waals surface area contributed by atoms with Crippen LogP contribution in [0.1, 0.15) is 48.9 Å². The van der Waals surface area contributed by atoms with E-state index in [0.29, 0.717) is 17.1 Å². The molecule has 1 aliphatic carbocycles. The largest absolute Gasteiger partial charge is 0.465 e. The number of hydrogen-bond acceptors (Lipinski definition) is 5. The van der Waals surface area contributed by atoms with Crippen molar-refractivity contribution in [1.82, 2.24) is 4.98 Å². The molecule has 1 fully saturated rings. The zero-order valence-corrected chi connectivity index (χ0v) is 12.0. The van der Waals surface area contributed by atoms with Gasteiger partial charge in [0, 0.05) is 6.54 Å². The molecule has 5 heteroatoms. The number of ether oxygens (including phenoxy) is 1. The molecule has 1 aliphatic rings. The Bertz CT molecular complexity index is 456. The maximum Gasteiger partial charge on any atom is 0.340 e. The number of rotatable bonds is 5. The summed E-state index contributed by atoms with van der Waals surface area (Å²) in [5, 5.41) is 3.26. The lowest BCUT2D eigenvalue weighted by Crippen LogP contribution is -2.13. The van der Waals surface area contributed by atoms with Crippen molar-refractivity contribution in [3.63, 3.8) is 0 Å². The molecule has 5 nitrogen and oxygen atoms in total. The Hall–Kier alpha value is -1.78. The van der Waals surface area contributed by atoms with Crippen LogP contribution in [0, 0.1) is 5.92 Å². The Morgan fingerprint density at radius 3 is 2.90 bits per heavy atom. The fourth-order valence-electron chi connectivity index (χ4n) is 2.73. The molecule has 0 atom stereocenters. The monoisotopic (exact) mass is 277 g/mol. The number of nitrogens with one attached hydrogen (secondary N) is 1. The number of anilines is 2. The normalized spacial score (nSPS) is 15.8. The van der Waals surface area contributed by atoms with Crippen molar-refractivity contribution >= 4 is 17.5 Å². The molecule has 3 N–H and O–H groups in total. The molecule has 20 heavy (non-hydrogen) atoms. The molecule has 1 aromatic rings. The predicted molar refractivity (Wildman–Crippen MR) is 79.7 cm³/mol. The van der Waals surface area contributed by atoms with Gasteiger partial charge in [0.1, 0.15) is 5.82 Å². The van der Waals surface area contributed by atoms with E-state index in [1.807, 2.05) is 0 Å². The summed E-state index contributed by atoms with van der Waals surface area (Å²) in [5.41, 5.74) is 6.43. The molecular weight excluding hydrogens is 254 g/mol. The van der Waals surface area contributed by atoms with Crippen LogP contribution in [0.5, 0.6) is 0 Å². The first-order valence-corrected chi connectivity index (χ1v) is 7.28. The lowest BCUT2D eigenvalue weighted by atomic mass is 9.87. The second-order valence-electron chi connectivity index (χ2n) is 5.37. The van der Waals surface area contributed by atoms with Gasteiger partial charge in [-0.15, -0.1) is 0 Å². The van der Waals surface area contributed by atoms with Crippen molar-refractivity contribution in [2.24, 2.45) is 5.92 Å². The maximum atomic E-state index is 11.5. The van der Waals surface area contributed by atoms with E-state index in [-0.39, 0.29) is 0 Å². The van der Waals surface area contributed by atoms with Gasteiger partial charge in [-0.1, -0.05) is 32.1 Å². The van der Waals surface area contributed by atoms with Crippen LogP contribution in [0.15, 0.2) is 12.3 Å². The number of nitrogens with two attached hydrogens (primary N) is 1. The van der Waals surface area contributed by atoms with Crippen molar-refractivity contribution in [3.8, 4) is 0 Å². The number of carbonyl (C=O) groups is 1. The van der Waals surface area contributed by atoms with Gasteiger partial charge in [0.15, 0.2) is 0 Å². The standard InChI is InChI=1S/C15H23N3O2/c1-20-15(19)12-9-14(18-10-13(12)16)17-8-7-11-5-3-2-4-6-11/h9-11H,2-8,16H2,1H3,(H,17,18). The van der Waals surface area contributed by atoms with E-state index < -0.39 is 5.97 Å². The molecule has 2 rings (SSSR count). The summed E-state index contributed by atoms with van der Waals surface area (Å²) < 4.78 is 4.70. The quantitative estimate of drug-likeness (QED) is 0.809. The Kier molecular flexibility index (Phi) is 5.21. The molecule has 110 valence electrons. The Labute approximate surface area is 119 Å². The van der Waals surface area contributed by atoms with Crippen molar-refractivity contribution < 1.29 is 9.53 Å². The van der Waals surface area contributed by atoms with E-state index in [2.05, 4.69) is 10.3 Å². The number of nitrogen functional groups attached to an aromatic ring is 1.